The van der Waals surface area contributed by atoms with Crippen molar-refractivity contribution in [1.29, 1.82) is 5.26 Å². The Morgan fingerprint density at radius 1 is 1.00 bits per heavy atom. The molecule has 0 bridgehead atoms. The zero-order valence-electron chi connectivity index (χ0n) is 16.6. The first-order chi connectivity index (χ1) is 13.6. The fourth-order valence-electron chi connectivity index (χ4n) is 4.75. The second-order valence-corrected chi connectivity index (χ2v) is 8.49. The second kappa shape index (κ2) is 10.7. The topological polar surface area (TPSA) is 33.0 Å². The molecule has 2 nitrogen and oxygen atoms in total. The van der Waals surface area contributed by atoms with Crippen molar-refractivity contribution < 1.29 is 13.5 Å². The molecule has 0 aliphatic heterocycles. The molecule has 28 heavy (non-hydrogen) atoms. The third kappa shape index (κ3) is 6.41. The van der Waals surface area contributed by atoms with Gasteiger partial charge < -0.3 is 4.74 Å². The van der Waals surface area contributed by atoms with Crippen molar-refractivity contribution in [2.45, 2.75) is 76.2 Å². The SMILES string of the molecule is N#C/C(F)=C/CCC1CCC(OCC2CCC(c3ccc(F)cc3)CC2)CC1. The van der Waals surface area contributed by atoms with Gasteiger partial charge >= 0.3 is 0 Å². The monoisotopic (exact) mass is 387 g/mol. The van der Waals surface area contributed by atoms with Gasteiger partial charge in [-0.25, -0.2) is 4.39 Å². The van der Waals surface area contributed by atoms with E-state index in [9.17, 15) is 8.78 Å². The van der Waals surface area contributed by atoms with Gasteiger partial charge in [0.2, 0.25) is 0 Å². The standard InChI is InChI=1S/C24H31F2NO/c25-22-12-10-21(11-13-22)20-8-4-19(5-9-20)17-28-24-14-6-18(7-15-24)2-1-3-23(26)16-27/h3,10-13,18-20,24H,1-2,4-9,14-15,17H2/b23-3-. The zero-order valence-corrected chi connectivity index (χ0v) is 16.6. The number of ether oxygens (including phenoxy) is 1. The Morgan fingerprint density at radius 2 is 1.64 bits per heavy atom. The molecule has 0 amide bonds. The highest BCUT2D eigenvalue weighted by atomic mass is 19.1. The Balaban J connectivity index is 1.30. The molecule has 4 heteroatoms. The van der Waals surface area contributed by atoms with Crippen molar-refractivity contribution in [3.8, 4) is 6.07 Å². The lowest BCUT2D eigenvalue weighted by molar-refractivity contribution is -0.00824. The summed E-state index contributed by atoms with van der Waals surface area (Å²) in [5.41, 5.74) is 1.27. The molecular formula is C24H31F2NO. The largest absolute Gasteiger partial charge is 0.378 e. The molecule has 2 aliphatic carbocycles. The van der Waals surface area contributed by atoms with E-state index in [2.05, 4.69) is 0 Å². The summed E-state index contributed by atoms with van der Waals surface area (Å²) in [6.45, 7) is 0.863. The minimum atomic E-state index is -0.661. The quantitative estimate of drug-likeness (QED) is 0.480. The molecular weight excluding hydrogens is 356 g/mol. The first-order valence-electron chi connectivity index (χ1n) is 10.8. The van der Waals surface area contributed by atoms with Crippen LogP contribution in [0.15, 0.2) is 36.2 Å². The first-order valence-corrected chi connectivity index (χ1v) is 10.8. The van der Waals surface area contributed by atoms with E-state index in [1.165, 1.54) is 43.4 Å². The summed E-state index contributed by atoms with van der Waals surface area (Å²) in [5.74, 6) is 1.02. The predicted octanol–water partition coefficient (Wildman–Crippen LogP) is 6.83. The van der Waals surface area contributed by atoms with Crippen molar-refractivity contribution in [2.24, 2.45) is 11.8 Å². The minimum Gasteiger partial charge on any atom is -0.378 e. The summed E-state index contributed by atoms with van der Waals surface area (Å²) in [7, 11) is 0. The van der Waals surface area contributed by atoms with Crippen molar-refractivity contribution >= 4 is 0 Å². The van der Waals surface area contributed by atoms with Gasteiger partial charge in [0.25, 0.3) is 0 Å². The molecule has 0 saturated heterocycles. The first kappa shape index (κ1) is 21.0. The molecule has 0 heterocycles. The summed E-state index contributed by atoms with van der Waals surface area (Å²) in [4.78, 5) is 0. The van der Waals surface area contributed by atoms with E-state index in [-0.39, 0.29) is 5.82 Å². The van der Waals surface area contributed by atoms with E-state index in [1.807, 2.05) is 12.1 Å². The summed E-state index contributed by atoms with van der Waals surface area (Å²) in [5, 5.41) is 8.43. The van der Waals surface area contributed by atoms with Gasteiger partial charge in [-0.15, -0.1) is 0 Å². The number of rotatable bonds is 7. The van der Waals surface area contributed by atoms with E-state index < -0.39 is 5.83 Å². The van der Waals surface area contributed by atoms with Gasteiger partial charge in [-0.05, 0) is 106 Å². The van der Waals surface area contributed by atoms with Gasteiger partial charge in [0, 0.05) is 6.61 Å². The van der Waals surface area contributed by atoms with Crippen molar-refractivity contribution in [1.82, 2.24) is 0 Å². The second-order valence-electron chi connectivity index (χ2n) is 8.49. The predicted molar refractivity (Wildman–Crippen MR) is 107 cm³/mol. The van der Waals surface area contributed by atoms with Gasteiger partial charge in [0.1, 0.15) is 11.9 Å². The van der Waals surface area contributed by atoms with Crippen LogP contribution in [0.4, 0.5) is 8.78 Å². The number of benzene rings is 1. The van der Waals surface area contributed by atoms with E-state index in [1.54, 1.807) is 12.1 Å². The normalized spacial score (nSPS) is 28.7. The maximum atomic E-state index is 13.1. The Hall–Kier alpha value is -1.73. The lowest BCUT2D eigenvalue weighted by atomic mass is 9.79. The maximum absolute atomic E-state index is 13.1. The van der Waals surface area contributed by atoms with Crippen LogP contribution in [0.5, 0.6) is 0 Å². The van der Waals surface area contributed by atoms with Crippen molar-refractivity contribution in [3.63, 3.8) is 0 Å². The summed E-state index contributed by atoms with van der Waals surface area (Å²) in [6, 6.07) is 8.53. The average Bonchev–Trinajstić information content (AvgIpc) is 2.74. The van der Waals surface area contributed by atoms with Crippen LogP contribution in [0.2, 0.25) is 0 Å². The molecule has 1 aromatic carbocycles. The van der Waals surface area contributed by atoms with Gasteiger partial charge in [0.15, 0.2) is 5.83 Å². The molecule has 0 radical (unpaired) electrons. The van der Waals surface area contributed by atoms with Gasteiger partial charge in [-0.2, -0.15) is 9.65 Å². The van der Waals surface area contributed by atoms with E-state index in [0.29, 0.717) is 30.3 Å². The highest BCUT2D eigenvalue weighted by molar-refractivity contribution is 5.20. The van der Waals surface area contributed by atoms with E-state index >= 15 is 0 Å². The van der Waals surface area contributed by atoms with Crippen molar-refractivity contribution in [2.75, 3.05) is 6.61 Å². The summed E-state index contributed by atoms with van der Waals surface area (Å²) < 4.78 is 32.1. The molecule has 3 rings (SSSR count). The third-order valence-corrected chi connectivity index (χ3v) is 6.55. The van der Waals surface area contributed by atoms with Gasteiger partial charge in [-0.1, -0.05) is 12.1 Å². The van der Waals surface area contributed by atoms with Crippen LogP contribution in [0.3, 0.4) is 0 Å². The molecule has 0 aromatic heterocycles. The number of nitrogens with zero attached hydrogens (tertiary/aromatic N) is 1. The molecule has 0 N–H and O–H groups in total. The van der Waals surface area contributed by atoms with Crippen LogP contribution >= 0.6 is 0 Å². The number of hydrogen-bond acceptors (Lipinski definition) is 2. The molecule has 2 saturated carbocycles. The number of nitriles is 1. The third-order valence-electron chi connectivity index (χ3n) is 6.55. The van der Waals surface area contributed by atoms with Gasteiger partial charge in [0.05, 0.1) is 6.10 Å². The van der Waals surface area contributed by atoms with Gasteiger partial charge in [-0.3, -0.25) is 0 Å². The minimum absolute atomic E-state index is 0.161. The Morgan fingerprint density at radius 3 is 2.29 bits per heavy atom. The number of halogens is 2. The highest BCUT2D eigenvalue weighted by Gasteiger charge is 2.25. The van der Waals surface area contributed by atoms with Crippen LogP contribution in [0.1, 0.15) is 75.7 Å². The van der Waals surface area contributed by atoms with Crippen LogP contribution < -0.4 is 0 Å². The van der Waals surface area contributed by atoms with E-state index in [0.717, 1.165) is 38.7 Å². The molecule has 0 spiro atoms. The fraction of sp³-hybridized carbons (Fsp3) is 0.625. The molecule has 1 aromatic rings. The maximum Gasteiger partial charge on any atom is 0.196 e. The Bertz CT molecular complexity index is 663. The van der Waals surface area contributed by atoms with Crippen molar-refractivity contribution in [3.05, 3.63) is 47.5 Å². The Labute approximate surface area is 167 Å². The summed E-state index contributed by atoms with van der Waals surface area (Å²) >= 11 is 0. The molecule has 0 unspecified atom stereocenters. The molecule has 2 fully saturated rings. The fourth-order valence-corrected chi connectivity index (χ4v) is 4.75. The Kier molecular flexibility index (Phi) is 8.03. The van der Waals surface area contributed by atoms with Crippen LogP contribution in [0, 0.1) is 29.0 Å². The lowest BCUT2D eigenvalue weighted by Gasteiger charge is -2.32. The number of hydrogen-bond donors (Lipinski definition) is 0. The summed E-state index contributed by atoms with van der Waals surface area (Å²) in [6.07, 6.45) is 12.6. The van der Waals surface area contributed by atoms with Crippen LogP contribution in [0.25, 0.3) is 0 Å². The van der Waals surface area contributed by atoms with E-state index in [4.69, 9.17) is 10.00 Å². The molecule has 2 aliphatic rings. The smallest absolute Gasteiger partial charge is 0.196 e. The molecule has 152 valence electrons. The highest BCUT2D eigenvalue weighted by Crippen LogP contribution is 2.37. The zero-order chi connectivity index (χ0) is 19.8. The van der Waals surface area contributed by atoms with Crippen LogP contribution in [-0.2, 0) is 4.74 Å². The van der Waals surface area contributed by atoms with Crippen LogP contribution in [-0.4, -0.2) is 12.7 Å². The number of allylic oxidation sites excluding steroid dienone is 2. The average molecular weight is 388 g/mol. The lowest BCUT2D eigenvalue weighted by Crippen LogP contribution is -2.25. The molecule has 0 atom stereocenters.